The van der Waals surface area contributed by atoms with Crippen LogP contribution in [0.1, 0.15) is 35.0 Å². The number of esters is 1. The van der Waals surface area contributed by atoms with Crippen LogP contribution >= 0.6 is 22.6 Å². The maximum atomic E-state index is 12.8. The van der Waals surface area contributed by atoms with Crippen molar-refractivity contribution in [1.82, 2.24) is 4.98 Å². The van der Waals surface area contributed by atoms with Gasteiger partial charge in [-0.3, -0.25) is 0 Å². The highest BCUT2D eigenvalue weighted by molar-refractivity contribution is 14.1. The normalized spacial score (nSPS) is 11.8. The van der Waals surface area contributed by atoms with Gasteiger partial charge in [-0.2, -0.15) is 13.2 Å². The molecular formula is C10H7F5INO2. The summed E-state index contributed by atoms with van der Waals surface area (Å²) in [6, 6.07) is 0. The van der Waals surface area contributed by atoms with Gasteiger partial charge >= 0.3 is 12.1 Å². The number of nitrogens with zero attached hydrogens (tertiary/aromatic N) is 1. The van der Waals surface area contributed by atoms with Crippen molar-refractivity contribution in [2.45, 2.75) is 19.5 Å². The summed E-state index contributed by atoms with van der Waals surface area (Å²) in [4.78, 5) is 14.7. The topological polar surface area (TPSA) is 39.2 Å². The Kier molecular flexibility index (Phi) is 5.04. The fraction of sp³-hybridized carbons (Fsp3) is 0.400. The van der Waals surface area contributed by atoms with Gasteiger partial charge in [0.25, 0.3) is 6.43 Å². The number of hydrogen-bond donors (Lipinski definition) is 0. The molecule has 0 saturated heterocycles. The number of pyridine rings is 1. The standard InChI is InChI=1S/C10H7F5INO2/c1-2-19-9(18)7-5(8(11)12)6(10(13,14)15)4(16)3-17-7/h3,8H,2H2,1H3. The highest BCUT2D eigenvalue weighted by atomic mass is 127. The minimum absolute atomic E-state index is 0.156. The van der Waals surface area contributed by atoms with Crippen molar-refractivity contribution in [3.8, 4) is 0 Å². The Hall–Kier alpha value is -1.00. The lowest BCUT2D eigenvalue weighted by Gasteiger charge is -2.16. The van der Waals surface area contributed by atoms with E-state index in [0.29, 0.717) is 6.20 Å². The number of halogens is 6. The predicted octanol–water partition coefficient (Wildman–Crippen LogP) is 3.82. The van der Waals surface area contributed by atoms with Crippen molar-refractivity contribution >= 4 is 28.6 Å². The molecule has 1 rings (SSSR count). The first-order chi connectivity index (χ1) is 8.70. The second-order valence-corrected chi connectivity index (χ2v) is 4.42. The molecule has 0 aliphatic rings. The minimum Gasteiger partial charge on any atom is -0.461 e. The van der Waals surface area contributed by atoms with E-state index in [1.54, 1.807) is 0 Å². The fourth-order valence-corrected chi connectivity index (χ4v) is 2.10. The van der Waals surface area contributed by atoms with Crippen molar-refractivity contribution in [2.24, 2.45) is 0 Å². The molecular weight excluding hydrogens is 388 g/mol. The van der Waals surface area contributed by atoms with Crippen molar-refractivity contribution in [3.63, 3.8) is 0 Å². The summed E-state index contributed by atoms with van der Waals surface area (Å²) < 4.78 is 68.0. The Morgan fingerprint density at radius 1 is 1.47 bits per heavy atom. The van der Waals surface area contributed by atoms with Gasteiger partial charge in [0, 0.05) is 9.77 Å². The molecule has 0 saturated carbocycles. The summed E-state index contributed by atoms with van der Waals surface area (Å²) in [6.07, 6.45) is -7.79. The molecule has 1 aromatic heterocycles. The second-order valence-electron chi connectivity index (χ2n) is 3.26. The molecule has 0 bridgehead atoms. The van der Waals surface area contributed by atoms with Crippen LogP contribution in [0.4, 0.5) is 22.0 Å². The Morgan fingerprint density at radius 2 is 2.05 bits per heavy atom. The summed E-state index contributed by atoms with van der Waals surface area (Å²) in [7, 11) is 0. The molecule has 1 heterocycles. The van der Waals surface area contributed by atoms with Gasteiger partial charge in [-0.25, -0.2) is 18.6 Å². The highest BCUT2D eigenvalue weighted by Gasteiger charge is 2.41. The number of carbonyl (C=O) groups is 1. The minimum atomic E-state index is -5.01. The van der Waals surface area contributed by atoms with Crippen LogP contribution in [0.2, 0.25) is 0 Å². The maximum absolute atomic E-state index is 12.8. The average Bonchev–Trinajstić information content (AvgIpc) is 2.26. The number of rotatable bonds is 3. The van der Waals surface area contributed by atoms with E-state index in [2.05, 4.69) is 9.72 Å². The number of alkyl halides is 5. The van der Waals surface area contributed by atoms with Gasteiger partial charge in [0.05, 0.1) is 17.7 Å². The van der Waals surface area contributed by atoms with Gasteiger partial charge in [-0.15, -0.1) is 0 Å². The summed E-state index contributed by atoms with van der Waals surface area (Å²) >= 11 is 1.24. The van der Waals surface area contributed by atoms with E-state index >= 15 is 0 Å². The lowest BCUT2D eigenvalue weighted by molar-refractivity contribution is -0.140. The molecule has 0 spiro atoms. The zero-order valence-electron chi connectivity index (χ0n) is 9.39. The van der Waals surface area contributed by atoms with Crippen molar-refractivity contribution < 1.29 is 31.5 Å². The van der Waals surface area contributed by atoms with E-state index in [-0.39, 0.29) is 6.61 Å². The van der Waals surface area contributed by atoms with Crippen LogP contribution in [0.25, 0.3) is 0 Å². The molecule has 9 heteroatoms. The lowest BCUT2D eigenvalue weighted by Crippen LogP contribution is -2.19. The number of ether oxygens (including phenoxy) is 1. The summed E-state index contributed by atoms with van der Waals surface area (Å²) in [5.41, 5.74) is -4.01. The fourth-order valence-electron chi connectivity index (χ4n) is 1.37. The zero-order chi connectivity index (χ0) is 14.8. The van der Waals surface area contributed by atoms with E-state index < -0.39 is 39.0 Å². The second kappa shape index (κ2) is 5.97. The highest BCUT2D eigenvalue weighted by Crippen LogP contribution is 2.40. The molecule has 0 fully saturated rings. The van der Waals surface area contributed by atoms with Gasteiger partial charge in [-0.1, -0.05) is 0 Å². The Balaban J connectivity index is 3.55. The molecule has 0 aliphatic heterocycles. The molecule has 1 aromatic rings. The van der Waals surface area contributed by atoms with Crippen LogP contribution in [0.15, 0.2) is 6.20 Å². The first-order valence-electron chi connectivity index (χ1n) is 4.91. The van der Waals surface area contributed by atoms with Gasteiger partial charge in [0.2, 0.25) is 0 Å². The number of carbonyl (C=O) groups excluding carboxylic acids is 1. The smallest absolute Gasteiger partial charge is 0.418 e. The third kappa shape index (κ3) is 3.51. The van der Waals surface area contributed by atoms with E-state index in [4.69, 9.17) is 0 Å². The molecule has 0 aromatic carbocycles. The van der Waals surface area contributed by atoms with Gasteiger partial charge in [0.15, 0.2) is 5.69 Å². The molecule has 106 valence electrons. The quantitative estimate of drug-likeness (QED) is 0.444. The molecule has 0 radical (unpaired) electrons. The van der Waals surface area contributed by atoms with Gasteiger partial charge in [-0.05, 0) is 29.5 Å². The monoisotopic (exact) mass is 395 g/mol. The summed E-state index contributed by atoms with van der Waals surface area (Å²) in [5.74, 6) is -1.31. The molecule has 0 aliphatic carbocycles. The Morgan fingerprint density at radius 3 is 2.47 bits per heavy atom. The summed E-state index contributed by atoms with van der Waals surface area (Å²) in [6.45, 7) is 1.24. The van der Waals surface area contributed by atoms with Crippen LogP contribution in [0.3, 0.4) is 0 Å². The summed E-state index contributed by atoms with van der Waals surface area (Å²) in [5, 5.41) is 0. The molecule has 0 amide bonds. The van der Waals surface area contributed by atoms with Crippen molar-refractivity contribution in [2.75, 3.05) is 6.61 Å². The third-order valence-corrected chi connectivity index (χ3v) is 2.86. The lowest BCUT2D eigenvalue weighted by atomic mass is 10.1. The van der Waals surface area contributed by atoms with E-state index in [9.17, 15) is 26.7 Å². The zero-order valence-corrected chi connectivity index (χ0v) is 11.6. The average molecular weight is 395 g/mol. The van der Waals surface area contributed by atoms with E-state index in [1.807, 2.05) is 0 Å². The third-order valence-electron chi connectivity index (χ3n) is 2.04. The van der Waals surface area contributed by atoms with Crippen molar-refractivity contribution in [1.29, 1.82) is 0 Å². The Labute approximate surface area is 118 Å². The van der Waals surface area contributed by atoms with E-state index in [1.165, 1.54) is 29.5 Å². The molecule has 3 nitrogen and oxygen atoms in total. The van der Waals surface area contributed by atoms with Crippen LogP contribution in [0.5, 0.6) is 0 Å². The van der Waals surface area contributed by atoms with Gasteiger partial charge in [0.1, 0.15) is 0 Å². The number of aromatic nitrogens is 1. The predicted molar refractivity (Wildman–Crippen MR) is 62.9 cm³/mol. The first kappa shape index (κ1) is 16.1. The largest absolute Gasteiger partial charge is 0.461 e. The van der Waals surface area contributed by atoms with Crippen LogP contribution in [0, 0.1) is 3.57 Å². The molecule has 0 N–H and O–H groups in total. The first-order valence-corrected chi connectivity index (χ1v) is 5.98. The van der Waals surface area contributed by atoms with Crippen LogP contribution in [-0.4, -0.2) is 17.6 Å². The van der Waals surface area contributed by atoms with Crippen molar-refractivity contribution in [3.05, 3.63) is 26.6 Å². The molecule has 19 heavy (non-hydrogen) atoms. The molecule has 0 atom stereocenters. The Bertz CT molecular complexity index is 490. The van der Waals surface area contributed by atoms with Gasteiger partial charge < -0.3 is 4.74 Å². The SMILES string of the molecule is CCOC(=O)c1ncc(I)c(C(F)(F)F)c1C(F)F. The number of hydrogen-bond acceptors (Lipinski definition) is 3. The van der Waals surface area contributed by atoms with E-state index in [0.717, 1.165) is 0 Å². The molecule has 0 unspecified atom stereocenters. The van der Waals surface area contributed by atoms with Crippen LogP contribution < -0.4 is 0 Å². The van der Waals surface area contributed by atoms with Crippen LogP contribution in [-0.2, 0) is 10.9 Å². The maximum Gasteiger partial charge on any atom is 0.418 e.